The van der Waals surface area contributed by atoms with E-state index >= 15 is 0 Å². The van der Waals surface area contributed by atoms with E-state index in [1.165, 1.54) is 0 Å². The van der Waals surface area contributed by atoms with Gasteiger partial charge in [-0.25, -0.2) is 8.78 Å². The third-order valence-electron chi connectivity index (χ3n) is 4.91. The standard InChI is InChI=1S/C27H26F2/c1-2-3-5-8-22-16-18-25(27(29)19-22)17-15-21-11-13-23(14-12-21)20-26(28)24-9-6-4-7-10-24/h2-4,6-7,9-19,26H,5,8,20H2,1H3/t26-/m1/s1. The summed E-state index contributed by atoms with van der Waals surface area (Å²) in [6.07, 6.45) is 8.84. The third kappa shape index (κ3) is 6.25. The number of allylic oxidation sites excluding steroid dienone is 2. The summed E-state index contributed by atoms with van der Waals surface area (Å²) in [6.45, 7) is 1.99. The van der Waals surface area contributed by atoms with Crippen LogP contribution in [0.3, 0.4) is 0 Å². The van der Waals surface area contributed by atoms with Crippen molar-refractivity contribution in [2.24, 2.45) is 0 Å². The number of rotatable bonds is 8. The Morgan fingerprint density at radius 3 is 2.28 bits per heavy atom. The normalized spacial score (nSPS) is 12.7. The molecule has 148 valence electrons. The van der Waals surface area contributed by atoms with Crippen LogP contribution in [0.15, 0.2) is 84.9 Å². The zero-order valence-electron chi connectivity index (χ0n) is 16.7. The molecule has 0 aliphatic heterocycles. The molecule has 0 saturated heterocycles. The molecular weight excluding hydrogens is 362 g/mol. The van der Waals surface area contributed by atoms with Crippen molar-refractivity contribution in [3.63, 3.8) is 0 Å². The van der Waals surface area contributed by atoms with E-state index in [1.807, 2.05) is 85.8 Å². The van der Waals surface area contributed by atoms with Crippen LogP contribution in [-0.4, -0.2) is 0 Å². The Labute approximate surface area is 172 Å². The Kier molecular flexibility index (Phi) is 7.52. The molecule has 2 heteroatoms. The van der Waals surface area contributed by atoms with Crippen LogP contribution < -0.4 is 0 Å². The number of halogens is 2. The summed E-state index contributed by atoms with van der Waals surface area (Å²) < 4.78 is 28.7. The van der Waals surface area contributed by atoms with E-state index in [9.17, 15) is 8.78 Å². The molecule has 29 heavy (non-hydrogen) atoms. The molecule has 0 nitrogen and oxygen atoms in total. The molecule has 0 radical (unpaired) electrons. The molecule has 0 amide bonds. The highest BCUT2D eigenvalue weighted by atomic mass is 19.1. The van der Waals surface area contributed by atoms with Gasteiger partial charge in [-0.05, 0) is 48.1 Å². The largest absolute Gasteiger partial charge is 0.242 e. The Morgan fingerprint density at radius 1 is 0.862 bits per heavy atom. The first kappa shape index (κ1) is 20.7. The highest BCUT2D eigenvalue weighted by molar-refractivity contribution is 5.70. The minimum atomic E-state index is -1.02. The first-order valence-electron chi connectivity index (χ1n) is 10.0. The predicted octanol–water partition coefficient (Wildman–Crippen LogP) is 7.76. The van der Waals surface area contributed by atoms with Crippen molar-refractivity contribution in [2.75, 3.05) is 0 Å². The Bertz CT molecular complexity index is 954. The van der Waals surface area contributed by atoms with Crippen LogP contribution in [0.2, 0.25) is 0 Å². The minimum Gasteiger partial charge on any atom is -0.242 e. The van der Waals surface area contributed by atoms with Crippen LogP contribution in [0.25, 0.3) is 12.2 Å². The van der Waals surface area contributed by atoms with Gasteiger partial charge < -0.3 is 0 Å². The molecule has 1 atom stereocenters. The van der Waals surface area contributed by atoms with Gasteiger partial charge >= 0.3 is 0 Å². The molecule has 0 N–H and O–H groups in total. The van der Waals surface area contributed by atoms with Gasteiger partial charge in [0.05, 0.1) is 0 Å². The first-order valence-corrected chi connectivity index (χ1v) is 10.0. The zero-order valence-corrected chi connectivity index (χ0v) is 16.7. The quantitative estimate of drug-likeness (QED) is 0.273. The van der Waals surface area contributed by atoms with Gasteiger partial charge in [-0.2, -0.15) is 0 Å². The SMILES string of the molecule is CC=CCCc1ccc(C=Cc2ccc(C[C@@H](F)c3ccccc3)cc2)c(F)c1. The molecule has 3 aromatic carbocycles. The lowest BCUT2D eigenvalue weighted by molar-refractivity contribution is 0.342. The molecule has 3 rings (SSSR count). The second kappa shape index (κ2) is 10.5. The Hall–Kier alpha value is -3.00. The third-order valence-corrected chi connectivity index (χ3v) is 4.91. The van der Waals surface area contributed by atoms with E-state index in [1.54, 1.807) is 12.1 Å². The van der Waals surface area contributed by atoms with Crippen molar-refractivity contribution < 1.29 is 8.78 Å². The lowest BCUT2D eigenvalue weighted by atomic mass is 10.0. The maximum Gasteiger partial charge on any atom is 0.130 e. The van der Waals surface area contributed by atoms with Crippen molar-refractivity contribution in [3.8, 4) is 0 Å². The highest BCUT2D eigenvalue weighted by Crippen LogP contribution is 2.23. The van der Waals surface area contributed by atoms with Crippen LogP contribution in [0.1, 0.15) is 47.3 Å². The molecule has 0 unspecified atom stereocenters. The summed E-state index contributed by atoms with van der Waals surface area (Å²) in [6, 6.07) is 22.3. The van der Waals surface area contributed by atoms with E-state index < -0.39 is 6.17 Å². The molecule has 0 spiro atoms. The van der Waals surface area contributed by atoms with E-state index in [4.69, 9.17) is 0 Å². The van der Waals surface area contributed by atoms with Crippen molar-refractivity contribution in [1.29, 1.82) is 0 Å². The van der Waals surface area contributed by atoms with Crippen molar-refractivity contribution in [3.05, 3.63) is 119 Å². The predicted molar refractivity (Wildman–Crippen MR) is 119 cm³/mol. The van der Waals surface area contributed by atoms with E-state index in [0.717, 1.165) is 29.5 Å². The second-order valence-corrected chi connectivity index (χ2v) is 7.12. The van der Waals surface area contributed by atoms with Gasteiger partial charge in [0, 0.05) is 12.0 Å². The van der Waals surface area contributed by atoms with E-state index in [0.29, 0.717) is 17.5 Å². The van der Waals surface area contributed by atoms with Crippen molar-refractivity contribution in [1.82, 2.24) is 0 Å². The lowest BCUT2D eigenvalue weighted by Gasteiger charge is -2.08. The van der Waals surface area contributed by atoms with Gasteiger partial charge in [0.25, 0.3) is 0 Å². The van der Waals surface area contributed by atoms with E-state index in [-0.39, 0.29) is 5.82 Å². The van der Waals surface area contributed by atoms with Crippen LogP contribution in [0.4, 0.5) is 8.78 Å². The molecule has 0 aliphatic carbocycles. The van der Waals surface area contributed by atoms with E-state index in [2.05, 4.69) is 6.08 Å². The lowest BCUT2D eigenvalue weighted by Crippen LogP contribution is -1.96. The fraction of sp³-hybridized carbons (Fsp3) is 0.185. The zero-order chi connectivity index (χ0) is 20.5. The van der Waals surface area contributed by atoms with Gasteiger partial charge in [0.1, 0.15) is 12.0 Å². The molecule has 0 aliphatic rings. The van der Waals surface area contributed by atoms with Gasteiger partial charge in [0.2, 0.25) is 0 Å². The minimum absolute atomic E-state index is 0.209. The molecule has 0 heterocycles. The molecular formula is C27H26F2. The number of benzene rings is 3. The summed E-state index contributed by atoms with van der Waals surface area (Å²) in [5.74, 6) is -0.209. The van der Waals surface area contributed by atoms with Crippen molar-refractivity contribution in [2.45, 2.75) is 32.4 Å². The number of hydrogen-bond donors (Lipinski definition) is 0. The summed E-state index contributed by atoms with van der Waals surface area (Å²) in [5, 5.41) is 0. The fourth-order valence-corrected chi connectivity index (χ4v) is 3.22. The molecule has 0 bridgehead atoms. The van der Waals surface area contributed by atoms with Gasteiger partial charge in [-0.15, -0.1) is 0 Å². The fourth-order valence-electron chi connectivity index (χ4n) is 3.22. The molecule has 0 aromatic heterocycles. The average Bonchev–Trinajstić information content (AvgIpc) is 2.75. The smallest absolute Gasteiger partial charge is 0.130 e. The summed E-state index contributed by atoms with van der Waals surface area (Å²) in [5.41, 5.74) is 4.16. The molecule has 0 fully saturated rings. The number of alkyl halides is 1. The van der Waals surface area contributed by atoms with Crippen molar-refractivity contribution >= 4 is 12.2 Å². The van der Waals surface area contributed by atoms with Gasteiger partial charge in [-0.3, -0.25) is 0 Å². The maximum absolute atomic E-state index is 14.4. The maximum atomic E-state index is 14.4. The number of hydrogen-bond acceptors (Lipinski definition) is 0. The van der Waals surface area contributed by atoms with Crippen LogP contribution in [0.5, 0.6) is 0 Å². The first-order chi connectivity index (χ1) is 14.2. The number of aryl methyl sites for hydroxylation is 1. The molecule has 0 saturated carbocycles. The molecule has 3 aromatic rings. The van der Waals surface area contributed by atoms with Crippen LogP contribution in [-0.2, 0) is 12.8 Å². The monoisotopic (exact) mass is 388 g/mol. The Morgan fingerprint density at radius 2 is 1.59 bits per heavy atom. The summed E-state index contributed by atoms with van der Waals surface area (Å²) >= 11 is 0. The Balaban J connectivity index is 1.61. The van der Waals surface area contributed by atoms with Crippen LogP contribution >= 0.6 is 0 Å². The van der Waals surface area contributed by atoms with Gasteiger partial charge in [0.15, 0.2) is 0 Å². The average molecular weight is 389 g/mol. The summed E-state index contributed by atoms with van der Waals surface area (Å²) in [4.78, 5) is 0. The topological polar surface area (TPSA) is 0 Å². The highest BCUT2D eigenvalue weighted by Gasteiger charge is 2.10. The summed E-state index contributed by atoms with van der Waals surface area (Å²) in [7, 11) is 0. The second-order valence-electron chi connectivity index (χ2n) is 7.12. The van der Waals surface area contributed by atoms with Crippen LogP contribution in [0, 0.1) is 5.82 Å². The van der Waals surface area contributed by atoms with Gasteiger partial charge in [-0.1, -0.05) is 91.0 Å².